The summed E-state index contributed by atoms with van der Waals surface area (Å²) in [7, 11) is 0. The predicted molar refractivity (Wildman–Crippen MR) is 65.6 cm³/mol. The van der Waals surface area contributed by atoms with Gasteiger partial charge in [-0.15, -0.1) is 0 Å². The minimum absolute atomic E-state index is 0.458. The fraction of sp³-hybridized carbons (Fsp3) is 0.615. The Kier molecular flexibility index (Phi) is 2.77. The van der Waals surface area contributed by atoms with Gasteiger partial charge in [-0.25, -0.2) is 0 Å². The third-order valence-electron chi connectivity index (χ3n) is 3.92. The Bertz CT molecular complexity index is 416. The molecule has 1 spiro atoms. The summed E-state index contributed by atoms with van der Waals surface area (Å²) < 4.78 is 11.3. The van der Waals surface area contributed by atoms with Crippen molar-refractivity contribution in [3.63, 3.8) is 0 Å². The summed E-state index contributed by atoms with van der Waals surface area (Å²) >= 11 is 0. The van der Waals surface area contributed by atoms with Gasteiger partial charge in [0.05, 0.1) is 30.8 Å². The SMILES string of the molecule is Nc1ccc(C2(O)CCC3(CC2)OCCO3)nc1. The summed E-state index contributed by atoms with van der Waals surface area (Å²) in [5.41, 5.74) is 6.02. The second kappa shape index (κ2) is 4.19. The van der Waals surface area contributed by atoms with Crippen LogP contribution in [0, 0.1) is 0 Å². The molecule has 2 heterocycles. The first-order chi connectivity index (χ1) is 8.62. The van der Waals surface area contributed by atoms with E-state index in [1.165, 1.54) is 0 Å². The predicted octanol–water partition coefficient (Wildman–Crippen LogP) is 1.17. The molecule has 0 amide bonds. The number of hydrogen-bond donors (Lipinski definition) is 2. The molecule has 5 nitrogen and oxygen atoms in total. The first-order valence-electron chi connectivity index (χ1n) is 6.34. The summed E-state index contributed by atoms with van der Waals surface area (Å²) in [6.07, 6.45) is 4.19. The van der Waals surface area contributed by atoms with Gasteiger partial charge in [0.15, 0.2) is 5.79 Å². The first kappa shape index (κ1) is 11.9. The lowest BCUT2D eigenvalue weighted by atomic mass is 9.79. The molecule has 1 aromatic rings. The van der Waals surface area contributed by atoms with Crippen LogP contribution in [0.25, 0.3) is 0 Å². The third kappa shape index (κ3) is 1.98. The van der Waals surface area contributed by atoms with E-state index in [1.807, 2.05) is 0 Å². The first-order valence-corrected chi connectivity index (χ1v) is 6.34. The molecule has 1 aromatic heterocycles. The van der Waals surface area contributed by atoms with Gasteiger partial charge in [-0.05, 0) is 25.0 Å². The molecule has 0 bridgehead atoms. The van der Waals surface area contributed by atoms with Crippen LogP contribution < -0.4 is 5.73 Å². The molecule has 2 fully saturated rings. The molecule has 0 atom stereocenters. The molecule has 0 radical (unpaired) electrons. The number of ether oxygens (including phenoxy) is 2. The molecule has 18 heavy (non-hydrogen) atoms. The van der Waals surface area contributed by atoms with E-state index in [2.05, 4.69) is 4.98 Å². The number of pyridine rings is 1. The number of rotatable bonds is 1. The molecule has 3 N–H and O–H groups in total. The quantitative estimate of drug-likeness (QED) is 0.782. The standard InChI is InChI=1S/C13H18N2O3/c14-10-1-2-11(15-9-10)12(16)3-5-13(6-4-12)17-7-8-18-13/h1-2,9,16H,3-8,14H2. The number of nitrogen functional groups attached to an aromatic ring is 1. The Morgan fingerprint density at radius 1 is 1.11 bits per heavy atom. The zero-order valence-corrected chi connectivity index (χ0v) is 10.3. The summed E-state index contributed by atoms with van der Waals surface area (Å²) in [6.45, 7) is 1.30. The molecule has 0 aromatic carbocycles. The number of nitrogens with zero attached hydrogens (tertiary/aromatic N) is 1. The van der Waals surface area contributed by atoms with Crippen LogP contribution in [0.15, 0.2) is 18.3 Å². The number of aliphatic hydroxyl groups is 1. The number of aromatic nitrogens is 1. The van der Waals surface area contributed by atoms with Gasteiger partial charge in [0.2, 0.25) is 0 Å². The van der Waals surface area contributed by atoms with Crippen LogP contribution in [0.4, 0.5) is 5.69 Å². The monoisotopic (exact) mass is 250 g/mol. The molecule has 1 saturated heterocycles. The van der Waals surface area contributed by atoms with Crippen molar-refractivity contribution in [2.45, 2.75) is 37.1 Å². The second-order valence-corrected chi connectivity index (χ2v) is 5.12. The maximum absolute atomic E-state index is 10.7. The minimum atomic E-state index is -0.881. The van der Waals surface area contributed by atoms with Crippen LogP contribution in [0.3, 0.4) is 0 Å². The van der Waals surface area contributed by atoms with E-state index in [1.54, 1.807) is 18.3 Å². The Morgan fingerprint density at radius 2 is 1.78 bits per heavy atom. The highest BCUT2D eigenvalue weighted by Gasteiger charge is 2.46. The van der Waals surface area contributed by atoms with Crippen molar-refractivity contribution < 1.29 is 14.6 Å². The Hall–Kier alpha value is -1.17. The maximum Gasteiger partial charge on any atom is 0.168 e. The molecule has 5 heteroatoms. The van der Waals surface area contributed by atoms with Crippen molar-refractivity contribution in [2.75, 3.05) is 18.9 Å². The van der Waals surface area contributed by atoms with Gasteiger partial charge in [-0.3, -0.25) is 4.98 Å². The topological polar surface area (TPSA) is 77.6 Å². The maximum atomic E-state index is 10.7. The van der Waals surface area contributed by atoms with Gasteiger partial charge in [-0.1, -0.05) is 0 Å². The van der Waals surface area contributed by atoms with Gasteiger partial charge in [0.1, 0.15) is 5.60 Å². The van der Waals surface area contributed by atoms with E-state index in [4.69, 9.17) is 15.2 Å². The highest BCUT2D eigenvalue weighted by atomic mass is 16.7. The van der Waals surface area contributed by atoms with Crippen LogP contribution >= 0.6 is 0 Å². The average Bonchev–Trinajstić information content (AvgIpc) is 2.83. The zero-order valence-electron chi connectivity index (χ0n) is 10.3. The molecule has 2 aliphatic rings. The van der Waals surface area contributed by atoms with Crippen LogP contribution in [0.1, 0.15) is 31.4 Å². The van der Waals surface area contributed by atoms with E-state index in [0.717, 1.165) is 0 Å². The smallest absolute Gasteiger partial charge is 0.168 e. The van der Waals surface area contributed by atoms with Crippen LogP contribution in [-0.4, -0.2) is 29.1 Å². The lowest BCUT2D eigenvalue weighted by Gasteiger charge is -2.40. The number of anilines is 1. The minimum Gasteiger partial charge on any atom is -0.397 e. The van der Waals surface area contributed by atoms with Crippen LogP contribution in [0.5, 0.6) is 0 Å². The third-order valence-corrected chi connectivity index (χ3v) is 3.92. The van der Waals surface area contributed by atoms with Crippen LogP contribution in [0.2, 0.25) is 0 Å². The van der Waals surface area contributed by atoms with Crippen molar-refractivity contribution in [1.29, 1.82) is 0 Å². The van der Waals surface area contributed by atoms with Gasteiger partial charge in [-0.2, -0.15) is 0 Å². The van der Waals surface area contributed by atoms with Gasteiger partial charge in [0.25, 0.3) is 0 Å². The molecule has 1 aliphatic heterocycles. The normalized spacial score (nSPS) is 25.4. The van der Waals surface area contributed by atoms with E-state index in [-0.39, 0.29) is 0 Å². The molecule has 98 valence electrons. The second-order valence-electron chi connectivity index (χ2n) is 5.12. The summed E-state index contributed by atoms with van der Waals surface area (Å²) in [4.78, 5) is 4.23. The largest absolute Gasteiger partial charge is 0.397 e. The van der Waals surface area contributed by atoms with Crippen molar-refractivity contribution in [3.05, 3.63) is 24.0 Å². The average molecular weight is 250 g/mol. The Morgan fingerprint density at radius 3 is 2.33 bits per heavy atom. The van der Waals surface area contributed by atoms with Crippen molar-refractivity contribution in [1.82, 2.24) is 4.98 Å². The van der Waals surface area contributed by atoms with Gasteiger partial charge in [0, 0.05) is 12.8 Å². The summed E-state index contributed by atoms with van der Waals surface area (Å²) in [6, 6.07) is 3.57. The van der Waals surface area contributed by atoms with E-state index >= 15 is 0 Å². The van der Waals surface area contributed by atoms with Gasteiger partial charge >= 0.3 is 0 Å². The van der Waals surface area contributed by atoms with Crippen molar-refractivity contribution >= 4 is 5.69 Å². The molecule has 0 unspecified atom stereocenters. The molecule has 1 aliphatic carbocycles. The number of hydrogen-bond acceptors (Lipinski definition) is 5. The van der Waals surface area contributed by atoms with E-state index in [0.29, 0.717) is 50.3 Å². The van der Waals surface area contributed by atoms with E-state index < -0.39 is 11.4 Å². The zero-order chi connectivity index (χ0) is 12.6. The van der Waals surface area contributed by atoms with Crippen LogP contribution in [-0.2, 0) is 15.1 Å². The molecule has 3 rings (SSSR count). The van der Waals surface area contributed by atoms with Crippen molar-refractivity contribution in [3.8, 4) is 0 Å². The molecular weight excluding hydrogens is 232 g/mol. The fourth-order valence-electron chi connectivity index (χ4n) is 2.77. The fourth-order valence-corrected chi connectivity index (χ4v) is 2.77. The molecular formula is C13H18N2O3. The highest BCUT2D eigenvalue weighted by Crippen LogP contribution is 2.44. The highest BCUT2D eigenvalue weighted by molar-refractivity contribution is 5.35. The molecule has 1 saturated carbocycles. The Balaban J connectivity index is 1.75. The van der Waals surface area contributed by atoms with E-state index in [9.17, 15) is 5.11 Å². The van der Waals surface area contributed by atoms with Crippen molar-refractivity contribution in [2.24, 2.45) is 0 Å². The van der Waals surface area contributed by atoms with Gasteiger partial charge < -0.3 is 20.3 Å². The number of nitrogens with two attached hydrogens (primary N) is 1. The summed E-state index contributed by atoms with van der Waals surface area (Å²) in [5.74, 6) is -0.458. The summed E-state index contributed by atoms with van der Waals surface area (Å²) in [5, 5.41) is 10.7. The Labute approximate surface area is 106 Å². The lowest BCUT2D eigenvalue weighted by Crippen LogP contribution is -2.42. The lowest BCUT2D eigenvalue weighted by molar-refractivity contribution is -0.204.